The van der Waals surface area contributed by atoms with E-state index in [0.29, 0.717) is 42.2 Å². The van der Waals surface area contributed by atoms with Gasteiger partial charge in [0.05, 0.1) is 16.3 Å². The molecule has 0 aliphatic carbocycles. The van der Waals surface area contributed by atoms with E-state index in [0.717, 1.165) is 16.3 Å². The molecule has 148 valence electrons. The van der Waals surface area contributed by atoms with Crippen LogP contribution in [0, 0.1) is 6.92 Å². The number of rotatable bonds is 7. The van der Waals surface area contributed by atoms with E-state index < -0.39 is 0 Å². The molecular formula is C17H22N8O2S. The summed E-state index contributed by atoms with van der Waals surface area (Å²) in [6.07, 6.45) is 2.89. The predicted octanol–water partition coefficient (Wildman–Crippen LogP) is 2.28. The van der Waals surface area contributed by atoms with E-state index in [1.54, 1.807) is 6.20 Å². The van der Waals surface area contributed by atoms with E-state index >= 15 is 0 Å². The van der Waals surface area contributed by atoms with Crippen LogP contribution in [0.4, 0.5) is 15.9 Å². The smallest absolute Gasteiger partial charge is 0.321 e. The number of carbonyl (C=O) groups excluding carboxylic acids is 1. The molecule has 0 aliphatic rings. The van der Waals surface area contributed by atoms with Gasteiger partial charge in [-0.25, -0.2) is 19.7 Å². The molecule has 28 heavy (non-hydrogen) atoms. The van der Waals surface area contributed by atoms with E-state index in [9.17, 15) is 4.79 Å². The van der Waals surface area contributed by atoms with Gasteiger partial charge in [0.25, 0.3) is 0 Å². The fraction of sp³-hybridized carbons (Fsp3) is 0.412. The summed E-state index contributed by atoms with van der Waals surface area (Å²) in [5.74, 6) is 1.78. The standard InChI is InChI=1S/C17H22N8O2S/c1-5-12-22-13(27-24-12)7-9-19-16(26)23-17-20-10(2)14(28-17)11-6-8-18-15(21-11)25(3)4/h6,8H,5,7,9H2,1-4H3,(H2,19,20,23,26). The highest BCUT2D eigenvalue weighted by molar-refractivity contribution is 7.19. The molecule has 0 bridgehead atoms. The van der Waals surface area contributed by atoms with E-state index in [2.05, 4.69) is 35.7 Å². The fourth-order valence-corrected chi connectivity index (χ4v) is 3.27. The molecule has 0 atom stereocenters. The lowest BCUT2D eigenvalue weighted by molar-refractivity contribution is 0.252. The number of thiazole rings is 1. The molecule has 0 saturated carbocycles. The summed E-state index contributed by atoms with van der Waals surface area (Å²) in [7, 11) is 3.76. The van der Waals surface area contributed by atoms with Gasteiger partial charge in [-0.15, -0.1) is 0 Å². The normalized spacial score (nSPS) is 10.7. The van der Waals surface area contributed by atoms with E-state index in [-0.39, 0.29) is 6.03 Å². The van der Waals surface area contributed by atoms with Crippen LogP contribution in [-0.2, 0) is 12.8 Å². The van der Waals surface area contributed by atoms with Crippen molar-refractivity contribution in [3.8, 4) is 10.6 Å². The molecule has 0 unspecified atom stereocenters. The van der Waals surface area contributed by atoms with Crippen molar-refractivity contribution in [1.29, 1.82) is 0 Å². The molecule has 3 heterocycles. The topological polar surface area (TPSA) is 122 Å². The zero-order valence-corrected chi connectivity index (χ0v) is 17.0. The van der Waals surface area contributed by atoms with Gasteiger partial charge in [0.2, 0.25) is 11.8 Å². The Labute approximate surface area is 166 Å². The van der Waals surface area contributed by atoms with Gasteiger partial charge < -0.3 is 14.7 Å². The third-order valence-corrected chi connectivity index (χ3v) is 4.84. The number of anilines is 2. The number of carbonyl (C=O) groups is 1. The van der Waals surface area contributed by atoms with E-state index in [1.807, 2.05) is 38.9 Å². The highest BCUT2D eigenvalue weighted by Gasteiger charge is 2.14. The first-order chi connectivity index (χ1) is 13.5. The Bertz CT molecular complexity index is 952. The number of aryl methyl sites for hydroxylation is 2. The highest BCUT2D eigenvalue weighted by Crippen LogP contribution is 2.31. The zero-order valence-electron chi connectivity index (χ0n) is 16.2. The number of nitrogens with zero attached hydrogens (tertiary/aromatic N) is 6. The van der Waals surface area contributed by atoms with Gasteiger partial charge in [-0.2, -0.15) is 4.98 Å². The Morgan fingerprint density at radius 2 is 2.11 bits per heavy atom. The molecule has 3 rings (SSSR count). The molecule has 3 aromatic rings. The molecule has 2 N–H and O–H groups in total. The van der Waals surface area contributed by atoms with Crippen LogP contribution in [0.15, 0.2) is 16.8 Å². The zero-order chi connectivity index (χ0) is 20.1. The first kappa shape index (κ1) is 19.7. The molecular weight excluding hydrogens is 380 g/mol. The average Bonchev–Trinajstić information content (AvgIpc) is 3.28. The second-order valence-electron chi connectivity index (χ2n) is 6.16. The fourth-order valence-electron chi connectivity index (χ4n) is 2.34. The van der Waals surface area contributed by atoms with Crippen LogP contribution in [0.3, 0.4) is 0 Å². The number of amides is 2. The number of hydrogen-bond donors (Lipinski definition) is 2. The van der Waals surface area contributed by atoms with Crippen LogP contribution in [-0.4, -0.2) is 51.8 Å². The van der Waals surface area contributed by atoms with E-state index in [1.165, 1.54) is 11.3 Å². The van der Waals surface area contributed by atoms with Crippen LogP contribution in [0.25, 0.3) is 10.6 Å². The van der Waals surface area contributed by atoms with Gasteiger partial charge in [-0.3, -0.25) is 5.32 Å². The Morgan fingerprint density at radius 1 is 1.29 bits per heavy atom. The number of hydrogen-bond acceptors (Lipinski definition) is 9. The number of aromatic nitrogens is 5. The second kappa shape index (κ2) is 8.74. The summed E-state index contributed by atoms with van der Waals surface area (Å²) in [4.78, 5) is 32.2. The van der Waals surface area contributed by atoms with Crippen molar-refractivity contribution in [2.75, 3.05) is 30.9 Å². The molecule has 0 spiro atoms. The van der Waals surface area contributed by atoms with Gasteiger partial charge in [-0.05, 0) is 13.0 Å². The first-order valence-electron chi connectivity index (χ1n) is 8.80. The predicted molar refractivity (Wildman–Crippen MR) is 107 cm³/mol. The lowest BCUT2D eigenvalue weighted by Gasteiger charge is -2.10. The maximum atomic E-state index is 12.1. The summed E-state index contributed by atoms with van der Waals surface area (Å²) in [6, 6.07) is 1.49. The van der Waals surface area contributed by atoms with Crippen molar-refractivity contribution in [1.82, 2.24) is 30.4 Å². The molecule has 2 amide bonds. The Balaban J connectivity index is 1.58. The third kappa shape index (κ3) is 4.80. The van der Waals surface area contributed by atoms with Gasteiger partial charge >= 0.3 is 6.03 Å². The summed E-state index contributed by atoms with van der Waals surface area (Å²) in [6.45, 7) is 4.22. The monoisotopic (exact) mass is 402 g/mol. The quantitative estimate of drug-likeness (QED) is 0.617. The molecule has 0 radical (unpaired) electrons. The van der Waals surface area contributed by atoms with Gasteiger partial charge in [0.15, 0.2) is 11.0 Å². The number of nitrogens with one attached hydrogen (secondary N) is 2. The summed E-state index contributed by atoms with van der Waals surface area (Å²) in [5.41, 5.74) is 1.56. The largest absolute Gasteiger partial charge is 0.347 e. The van der Waals surface area contributed by atoms with Crippen molar-refractivity contribution in [2.45, 2.75) is 26.7 Å². The minimum absolute atomic E-state index is 0.341. The van der Waals surface area contributed by atoms with Crippen LogP contribution in [0.1, 0.15) is 24.3 Å². The molecule has 3 aromatic heterocycles. The first-order valence-corrected chi connectivity index (χ1v) is 9.62. The summed E-state index contributed by atoms with van der Waals surface area (Å²) in [5, 5.41) is 9.83. The van der Waals surface area contributed by atoms with Crippen molar-refractivity contribution in [3.63, 3.8) is 0 Å². The lowest BCUT2D eigenvalue weighted by atomic mass is 10.3. The van der Waals surface area contributed by atoms with Crippen molar-refractivity contribution >= 4 is 28.4 Å². The minimum atomic E-state index is -0.341. The summed E-state index contributed by atoms with van der Waals surface area (Å²) < 4.78 is 5.09. The molecule has 0 aromatic carbocycles. The Kier molecular flexibility index (Phi) is 6.14. The van der Waals surface area contributed by atoms with Gasteiger partial charge in [0, 0.05) is 39.7 Å². The average molecular weight is 402 g/mol. The molecule has 0 saturated heterocycles. The minimum Gasteiger partial charge on any atom is -0.347 e. The van der Waals surface area contributed by atoms with E-state index in [4.69, 9.17) is 4.52 Å². The van der Waals surface area contributed by atoms with Gasteiger partial charge in [-0.1, -0.05) is 23.4 Å². The van der Waals surface area contributed by atoms with Crippen LogP contribution in [0.5, 0.6) is 0 Å². The van der Waals surface area contributed by atoms with Crippen LogP contribution < -0.4 is 15.5 Å². The molecule has 0 fully saturated rings. The van der Waals surface area contributed by atoms with Crippen LogP contribution in [0.2, 0.25) is 0 Å². The Hall–Kier alpha value is -3.08. The Morgan fingerprint density at radius 3 is 2.82 bits per heavy atom. The van der Waals surface area contributed by atoms with Crippen molar-refractivity contribution < 1.29 is 9.32 Å². The van der Waals surface area contributed by atoms with Crippen molar-refractivity contribution in [2.24, 2.45) is 0 Å². The number of urea groups is 1. The lowest BCUT2D eigenvalue weighted by Crippen LogP contribution is -2.30. The van der Waals surface area contributed by atoms with Crippen molar-refractivity contribution in [3.05, 3.63) is 29.7 Å². The highest BCUT2D eigenvalue weighted by atomic mass is 32.1. The maximum Gasteiger partial charge on any atom is 0.321 e. The molecule has 11 heteroatoms. The third-order valence-electron chi connectivity index (χ3n) is 3.74. The second-order valence-corrected chi connectivity index (χ2v) is 7.16. The summed E-state index contributed by atoms with van der Waals surface area (Å²) >= 11 is 1.36. The molecule has 0 aliphatic heterocycles. The van der Waals surface area contributed by atoms with Crippen LogP contribution >= 0.6 is 11.3 Å². The molecule has 10 nitrogen and oxygen atoms in total. The van der Waals surface area contributed by atoms with Gasteiger partial charge in [0.1, 0.15) is 0 Å². The maximum absolute atomic E-state index is 12.1. The SMILES string of the molecule is CCc1noc(CCNC(=O)Nc2nc(C)c(-c3ccnc(N(C)C)n3)s2)n1.